The van der Waals surface area contributed by atoms with Gasteiger partial charge >= 0.3 is 5.97 Å². The number of carbonyl (C=O) groups is 4. The molecule has 9 nitrogen and oxygen atoms in total. The van der Waals surface area contributed by atoms with Crippen LogP contribution in [0.15, 0.2) is 66.7 Å². The molecular formula is C34H34N2O7. The normalized spacial score (nSPS) is 21.1. The second kappa shape index (κ2) is 11.9. The fraction of sp³-hybridized carbons (Fsp3) is 0.353. The predicted octanol–water partition coefficient (Wildman–Crippen LogP) is 4.64. The monoisotopic (exact) mass is 582 g/mol. The van der Waals surface area contributed by atoms with Crippen molar-refractivity contribution in [2.24, 2.45) is 11.8 Å². The van der Waals surface area contributed by atoms with Gasteiger partial charge in [-0.1, -0.05) is 55.0 Å². The van der Waals surface area contributed by atoms with E-state index in [0.717, 1.165) is 22.3 Å². The highest BCUT2D eigenvalue weighted by atomic mass is 16.5. The number of esters is 1. The van der Waals surface area contributed by atoms with E-state index in [1.54, 1.807) is 18.2 Å². The molecule has 1 aliphatic heterocycles. The topological polar surface area (TPSA) is 111 Å². The second-order valence-electron chi connectivity index (χ2n) is 11.2. The fourth-order valence-electron chi connectivity index (χ4n) is 6.98. The van der Waals surface area contributed by atoms with Gasteiger partial charge in [0, 0.05) is 30.9 Å². The minimum absolute atomic E-state index is 0.0899. The van der Waals surface area contributed by atoms with E-state index < -0.39 is 18.5 Å². The van der Waals surface area contributed by atoms with Gasteiger partial charge < -0.3 is 19.5 Å². The van der Waals surface area contributed by atoms with Crippen molar-refractivity contribution >= 4 is 29.4 Å². The van der Waals surface area contributed by atoms with Crippen molar-refractivity contribution in [2.45, 2.75) is 37.5 Å². The molecule has 0 spiro atoms. The average Bonchev–Trinajstić information content (AvgIpc) is 3.29. The molecule has 2 atom stereocenters. The van der Waals surface area contributed by atoms with Gasteiger partial charge in [-0.15, -0.1) is 0 Å². The largest absolute Gasteiger partial charge is 0.497 e. The van der Waals surface area contributed by atoms with Gasteiger partial charge in [0.25, 0.3) is 5.91 Å². The predicted molar refractivity (Wildman–Crippen MR) is 158 cm³/mol. The van der Waals surface area contributed by atoms with Crippen LogP contribution in [0.2, 0.25) is 0 Å². The number of anilines is 1. The molecule has 2 bridgehead atoms. The zero-order valence-corrected chi connectivity index (χ0v) is 24.2. The van der Waals surface area contributed by atoms with E-state index in [4.69, 9.17) is 14.2 Å². The van der Waals surface area contributed by atoms with Crippen molar-refractivity contribution in [1.29, 1.82) is 0 Å². The summed E-state index contributed by atoms with van der Waals surface area (Å²) in [6.45, 7) is -0.0847. The summed E-state index contributed by atoms with van der Waals surface area (Å²) in [6, 6.07) is 21.4. The number of carbonyl (C=O) groups excluding carboxylic acids is 4. The second-order valence-corrected chi connectivity index (χ2v) is 11.2. The lowest BCUT2D eigenvalue weighted by molar-refractivity contribution is -0.147. The number of rotatable bonds is 11. The molecule has 3 aromatic carbocycles. The number of methoxy groups -OCH3 is 2. The standard InChI is InChI=1S/C34H34N2O7/c1-41-20-15-16-25(26(18-20)42-2)35-27(37)19-43-28(38)14-4-3-9-17-36-33(39)31-29-21-10-5-6-11-22(21)30(32(31)34(36)40)24-13-8-7-12-23(24)29/h5-8,10-13,15-16,18,29-32H,3-4,9,14,17,19H2,1-2H3,(H,35,37)/t29?,30?,31-,32-/m1/s1. The van der Waals surface area contributed by atoms with Gasteiger partial charge in [0.05, 0.1) is 31.7 Å². The summed E-state index contributed by atoms with van der Waals surface area (Å²) in [5, 5.41) is 2.66. The van der Waals surface area contributed by atoms with Gasteiger partial charge in [0.2, 0.25) is 11.8 Å². The Labute approximate surface area is 250 Å². The molecule has 1 heterocycles. The van der Waals surface area contributed by atoms with E-state index in [9.17, 15) is 19.2 Å². The van der Waals surface area contributed by atoms with Gasteiger partial charge in [-0.3, -0.25) is 24.1 Å². The maximum atomic E-state index is 13.7. The fourth-order valence-corrected chi connectivity index (χ4v) is 6.98. The molecule has 1 N–H and O–H groups in total. The van der Waals surface area contributed by atoms with Crippen molar-refractivity contribution in [2.75, 3.05) is 32.7 Å². The van der Waals surface area contributed by atoms with Gasteiger partial charge in [-0.25, -0.2) is 0 Å². The number of ether oxygens (including phenoxy) is 3. The smallest absolute Gasteiger partial charge is 0.306 e. The summed E-state index contributed by atoms with van der Waals surface area (Å²) in [7, 11) is 3.01. The Kier molecular flexibility index (Phi) is 7.88. The SMILES string of the molecule is COc1ccc(NC(=O)COC(=O)CCCCCN2C(=O)[C@@H]3C4c5ccccc5C(c5ccccc54)[C@H]3C2=O)c(OC)c1. The van der Waals surface area contributed by atoms with Gasteiger partial charge in [-0.05, 0) is 47.2 Å². The lowest BCUT2D eigenvalue weighted by Crippen LogP contribution is -2.41. The van der Waals surface area contributed by atoms with Crippen LogP contribution in [-0.4, -0.2) is 56.0 Å². The number of nitrogens with one attached hydrogen (secondary N) is 1. The summed E-state index contributed by atoms with van der Waals surface area (Å²) >= 11 is 0. The molecule has 0 aromatic heterocycles. The summed E-state index contributed by atoms with van der Waals surface area (Å²) < 4.78 is 15.5. The molecule has 3 aliphatic carbocycles. The minimum Gasteiger partial charge on any atom is -0.497 e. The first-order chi connectivity index (χ1) is 20.9. The molecule has 3 aromatic rings. The van der Waals surface area contributed by atoms with E-state index >= 15 is 0 Å². The number of amides is 3. The Bertz CT molecular complexity index is 1470. The molecule has 1 fully saturated rings. The maximum absolute atomic E-state index is 13.7. The minimum atomic E-state index is -0.484. The van der Waals surface area contributed by atoms with Crippen LogP contribution < -0.4 is 14.8 Å². The van der Waals surface area contributed by atoms with E-state index in [2.05, 4.69) is 29.6 Å². The molecule has 3 amide bonds. The van der Waals surface area contributed by atoms with Crippen molar-refractivity contribution < 1.29 is 33.4 Å². The van der Waals surface area contributed by atoms with Crippen molar-refractivity contribution in [3.63, 3.8) is 0 Å². The Hall–Kier alpha value is -4.66. The zero-order chi connectivity index (χ0) is 30.1. The Morgan fingerprint density at radius 1 is 0.767 bits per heavy atom. The van der Waals surface area contributed by atoms with Crippen LogP contribution >= 0.6 is 0 Å². The number of likely N-dealkylation sites (tertiary alicyclic amines) is 1. The van der Waals surface area contributed by atoms with Crippen molar-refractivity contribution in [1.82, 2.24) is 4.90 Å². The highest BCUT2D eigenvalue weighted by Gasteiger charge is 2.61. The van der Waals surface area contributed by atoms with Gasteiger partial charge in [0.15, 0.2) is 6.61 Å². The van der Waals surface area contributed by atoms with Crippen LogP contribution in [0.4, 0.5) is 5.69 Å². The zero-order valence-electron chi connectivity index (χ0n) is 24.2. The Morgan fingerprint density at radius 2 is 1.35 bits per heavy atom. The summed E-state index contributed by atoms with van der Waals surface area (Å²) in [6.07, 6.45) is 1.90. The third-order valence-electron chi connectivity index (χ3n) is 8.85. The number of nitrogens with zero attached hydrogens (tertiary/aromatic N) is 1. The highest BCUT2D eigenvalue weighted by molar-refractivity contribution is 6.07. The first kappa shape index (κ1) is 28.5. The molecular weight excluding hydrogens is 548 g/mol. The molecule has 0 unspecified atom stereocenters. The first-order valence-corrected chi connectivity index (χ1v) is 14.6. The van der Waals surface area contributed by atoms with Crippen LogP contribution in [0.25, 0.3) is 0 Å². The molecule has 7 rings (SSSR count). The molecule has 1 saturated heterocycles. The molecule has 9 heteroatoms. The van der Waals surface area contributed by atoms with E-state index in [-0.39, 0.29) is 41.9 Å². The molecule has 0 radical (unpaired) electrons. The van der Waals surface area contributed by atoms with Crippen LogP contribution in [0.1, 0.15) is 59.8 Å². The number of hydrogen-bond acceptors (Lipinski definition) is 7. The van der Waals surface area contributed by atoms with E-state index in [0.29, 0.717) is 43.0 Å². The number of hydrogen-bond donors (Lipinski definition) is 1. The van der Waals surface area contributed by atoms with Crippen molar-refractivity contribution in [3.05, 3.63) is 89.0 Å². The van der Waals surface area contributed by atoms with Gasteiger partial charge in [0.1, 0.15) is 11.5 Å². The van der Waals surface area contributed by atoms with Gasteiger partial charge in [-0.2, -0.15) is 0 Å². The molecule has 222 valence electrons. The Morgan fingerprint density at radius 3 is 1.88 bits per heavy atom. The lowest BCUT2D eigenvalue weighted by atomic mass is 9.55. The molecule has 0 saturated carbocycles. The number of benzene rings is 3. The quantitative estimate of drug-likeness (QED) is 0.199. The van der Waals surface area contributed by atoms with Crippen molar-refractivity contribution in [3.8, 4) is 11.5 Å². The highest BCUT2D eigenvalue weighted by Crippen LogP contribution is 2.60. The lowest BCUT2D eigenvalue weighted by Gasteiger charge is -2.45. The average molecular weight is 583 g/mol. The van der Waals surface area contributed by atoms with Crippen LogP contribution in [-0.2, 0) is 23.9 Å². The number of unbranched alkanes of at least 4 members (excludes halogenated alkanes) is 2. The third-order valence-corrected chi connectivity index (χ3v) is 8.85. The third kappa shape index (κ3) is 5.13. The summed E-state index contributed by atoms with van der Waals surface area (Å²) in [5.41, 5.74) is 5.07. The maximum Gasteiger partial charge on any atom is 0.306 e. The Balaban J connectivity index is 0.982. The van der Waals surface area contributed by atoms with Crippen LogP contribution in [0.3, 0.4) is 0 Å². The molecule has 43 heavy (non-hydrogen) atoms. The van der Waals surface area contributed by atoms with E-state index in [1.165, 1.54) is 19.1 Å². The number of imide groups is 1. The van der Waals surface area contributed by atoms with Crippen LogP contribution in [0, 0.1) is 11.8 Å². The first-order valence-electron chi connectivity index (χ1n) is 14.6. The summed E-state index contributed by atoms with van der Waals surface area (Å²) in [5.74, 6) is -1.10. The van der Waals surface area contributed by atoms with E-state index in [1.807, 2.05) is 24.3 Å². The van der Waals surface area contributed by atoms with Crippen LogP contribution in [0.5, 0.6) is 11.5 Å². The molecule has 4 aliphatic rings. The summed E-state index contributed by atoms with van der Waals surface area (Å²) in [4.78, 5) is 53.3.